The Kier molecular flexibility index (Phi) is 4.49. The van der Waals surface area contributed by atoms with Crippen molar-refractivity contribution in [1.82, 2.24) is 9.97 Å². The number of nitrogens with two attached hydrogens (primary N) is 1. The summed E-state index contributed by atoms with van der Waals surface area (Å²) in [7, 11) is 0. The third kappa shape index (κ3) is 3.92. The minimum absolute atomic E-state index is 0.173. The predicted octanol–water partition coefficient (Wildman–Crippen LogP) is 2.68. The molecule has 1 amide bonds. The van der Waals surface area contributed by atoms with Crippen LogP contribution in [0.15, 0.2) is 59.7 Å². The number of nitrogens with one attached hydrogen (secondary N) is 1. The van der Waals surface area contributed by atoms with Crippen LogP contribution in [0.5, 0.6) is 5.75 Å². The average Bonchev–Trinajstić information content (AvgIpc) is 3.15. The Morgan fingerprint density at radius 2 is 2.11 bits per heavy atom. The van der Waals surface area contributed by atoms with Crippen LogP contribution >= 0.6 is 0 Å². The first kappa shape index (κ1) is 16.7. The molecule has 0 spiro atoms. The van der Waals surface area contributed by atoms with Crippen molar-refractivity contribution < 1.29 is 9.53 Å². The van der Waals surface area contributed by atoms with E-state index in [0.29, 0.717) is 17.4 Å². The van der Waals surface area contributed by atoms with Crippen molar-refractivity contribution in [3.63, 3.8) is 0 Å². The summed E-state index contributed by atoms with van der Waals surface area (Å²) >= 11 is 0. The highest BCUT2D eigenvalue weighted by Gasteiger charge is 2.09. The van der Waals surface area contributed by atoms with Crippen LogP contribution in [0.1, 0.15) is 11.1 Å². The Morgan fingerprint density at radius 3 is 3.00 bits per heavy atom. The van der Waals surface area contributed by atoms with Gasteiger partial charge in [-0.15, -0.1) is 0 Å². The second-order valence-corrected chi connectivity index (χ2v) is 6.06. The molecule has 3 aromatic rings. The summed E-state index contributed by atoms with van der Waals surface area (Å²) in [5.41, 5.74) is 9.16. The number of hydrogen-bond donors (Lipinski definition) is 2. The van der Waals surface area contributed by atoms with E-state index < -0.39 is 5.91 Å². The standard InChI is InChI=1S/C20H17N5O2/c21-18(26)12-27-17-3-1-2-13(9-17)20-23-7-6-19(25-20)24-16-5-4-14-10-22-11-15(14)8-16/h1-9,11H,10,12H2,(H2,21,26)(H,23,24,25). The van der Waals surface area contributed by atoms with Crippen molar-refractivity contribution in [2.45, 2.75) is 6.54 Å². The highest BCUT2D eigenvalue weighted by atomic mass is 16.5. The lowest BCUT2D eigenvalue weighted by molar-refractivity contribution is -0.119. The molecule has 2 aromatic carbocycles. The SMILES string of the molecule is NC(=O)COc1cccc(-c2nccc(Nc3ccc4c(c3)C=NC4)n2)c1. The maximum absolute atomic E-state index is 10.9. The van der Waals surface area contributed by atoms with E-state index in [0.717, 1.165) is 23.4 Å². The van der Waals surface area contributed by atoms with Gasteiger partial charge in [0.15, 0.2) is 12.4 Å². The zero-order valence-electron chi connectivity index (χ0n) is 14.4. The number of carbonyl (C=O) groups is 1. The number of hydrogen-bond acceptors (Lipinski definition) is 6. The van der Waals surface area contributed by atoms with E-state index in [-0.39, 0.29) is 6.61 Å². The Labute approximate surface area is 155 Å². The fraction of sp³-hybridized carbons (Fsp3) is 0.100. The van der Waals surface area contributed by atoms with E-state index in [1.165, 1.54) is 5.56 Å². The molecule has 1 aliphatic rings. The lowest BCUT2D eigenvalue weighted by Gasteiger charge is -2.09. The van der Waals surface area contributed by atoms with E-state index in [1.54, 1.807) is 24.4 Å². The van der Waals surface area contributed by atoms with Gasteiger partial charge in [0.2, 0.25) is 0 Å². The molecule has 134 valence electrons. The average molecular weight is 359 g/mol. The van der Waals surface area contributed by atoms with Crippen LogP contribution < -0.4 is 15.8 Å². The molecule has 0 aliphatic carbocycles. The van der Waals surface area contributed by atoms with Gasteiger partial charge in [0.25, 0.3) is 5.91 Å². The fourth-order valence-electron chi connectivity index (χ4n) is 2.77. The molecule has 7 nitrogen and oxygen atoms in total. The second kappa shape index (κ2) is 7.25. The largest absolute Gasteiger partial charge is 0.484 e. The Morgan fingerprint density at radius 1 is 1.19 bits per heavy atom. The van der Waals surface area contributed by atoms with E-state index in [4.69, 9.17) is 10.5 Å². The smallest absolute Gasteiger partial charge is 0.255 e. The number of ether oxygens (including phenoxy) is 1. The number of anilines is 2. The summed E-state index contributed by atoms with van der Waals surface area (Å²) < 4.78 is 5.34. The lowest BCUT2D eigenvalue weighted by atomic mass is 10.1. The van der Waals surface area contributed by atoms with Gasteiger partial charge >= 0.3 is 0 Å². The molecule has 0 fully saturated rings. The normalized spacial score (nSPS) is 11.9. The Balaban J connectivity index is 1.55. The maximum atomic E-state index is 10.9. The number of fused-ring (bicyclic) bond motifs is 1. The van der Waals surface area contributed by atoms with Crippen LogP contribution in [-0.2, 0) is 11.3 Å². The van der Waals surface area contributed by atoms with E-state index in [1.807, 2.05) is 30.5 Å². The summed E-state index contributed by atoms with van der Waals surface area (Å²) in [4.78, 5) is 24.0. The van der Waals surface area contributed by atoms with Crippen LogP contribution in [-0.4, -0.2) is 28.7 Å². The van der Waals surface area contributed by atoms with Crippen molar-refractivity contribution in [2.24, 2.45) is 10.7 Å². The number of benzene rings is 2. The molecule has 0 unspecified atom stereocenters. The van der Waals surface area contributed by atoms with Gasteiger partial charge in [-0.1, -0.05) is 18.2 Å². The summed E-state index contributed by atoms with van der Waals surface area (Å²) in [6.07, 6.45) is 3.57. The number of nitrogens with zero attached hydrogens (tertiary/aromatic N) is 3. The lowest BCUT2D eigenvalue weighted by Crippen LogP contribution is -2.19. The number of aliphatic imine (C=N–C) groups is 1. The molecule has 0 saturated heterocycles. The quantitative estimate of drug-likeness (QED) is 0.704. The highest BCUT2D eigenvalue weighted by Crippen LogP contribution is 2.24. The third-order valence-electron chi connectivity index (χ3n) is 4.04. The minimum Gasteiger partial charge on any atom is -0.484 e. The van der Waals surface area contributed by atoms with E-state index in [9.17, 15) is 4.79 Å². The molecular formula is C20H17N5O2. The van der Waals surface area contributed by atoms with Crippen LogP contribution in [0.25, 0.3) is 11.4 Å². The van der Waals surface area contributed by atoms with Crippen molar-refractivity contribution in [3.8, 4) is 17.1 Å². The molecule has 27 heavy (non-hydrogen) atoms. The summed E-state index contributed by atoms with van der Waals surface area (Å²) in [6, 6.07) is 15.1. The first-order valence-corrected chi connectivity index (χ1v) is 8.42. The topological polar surface area (TPSA) is 102 Å². The summed E-state index contributed by atoms with van der Waals surface area (Å²) in [5.74, 6) is 1.24. The Hall–Kier alpha value is -3.74. The first-order chi connectivity index (χ1) is 13.2. The van der Waals surface area contributed by atoms with Crippen LogP contribution in [0, 0.1) is 0 Å². The van der Waals surface area contributed by atoms with Gasteiger partial charge in [0.1, 0.15) is 11.6 Å². The van der Waals surface area contributed by atoms with Gasteiger partial charge in [-0.2, -0.15) is 0 Å². The first-order valence-electron chi connectivity index (χ1n) is 8.42. The molecule has 0 saturated carbocycles. The molecule has 0 radical (unpaired) electrons. The van der Waals surface area contributed by atoms with Gasteiger partial charge < -0.3 is 15.8 Å². The van der Waals surface area contributed by atoms with Crippen molar-refractivity contribution in [2.75, 3.05) is 11.9 Å². The molecule has 1 aliphatic heterocycles. The number of rotatable bonds is 6. The number of primary amides is 1. The minimum atomic E-state index is -0.526. The van der Waals surface area contributed by atoms with E-state index in [2.05, 4.69) is 26.3 Å². The zero-order valence-corrected chi connectivity index (χ0v) is 14.4. The fourth-order valence-corrected chi connectivity index (χ4v) is 2.77. The predicted molar refractivity (Wildman–Crippen MR) is 103 cm³/mol. The molecule has 0 bridgehead atoms. The van der Waals surface area contributed by atoms with E-state index >= 15 is 0 Å². The summed E-state index contributed by atoms with van der Waals surface area (Å²) in [6.45, 7) is 0.564. The zero-order chi connectivity index (χ0) is 18.6. The van der Waals surface area contributed by atoms with Crippen LogP contribution in [0.4, 0.5) is 11.5 Å². The van der Waals surface area contributed by atoms with Crippen LogP contribution in [0.2, 0.25) is 0 Å². The van der Waals surface area contributed by atoms with Crippen molar-refractivity contribution in [1.29, 1.82) is 0 Å². The van der Waals surface area contributed by atoms with Gasteiger partial charge in [0.05, 0.1) is 6.54 Å². The summed E-state index contributed by atoms with van der Waals surface area (Å²) in [5, 5.41) is 3.29. The third-order valence-corrected chi connectivity index (χ3v) is 4.04. The maximum Gasteiger partial charge on any atom is 0.255 e. The number of carbonyl (C=O) groups excluding carboxylic acids is 1. The molecule has 1 aromatic heterocycles. The molecule has 3 N–H and O–H groups in total. The van der Waals surface area contributed by atoms with Gasteiger partial charge in [-0.3, -0.25) is 9.79 Å². The molecular weight excluding hydrogens is 342 g/mol. The van der Waals surface area contributed by atoms with Crippen molar-refractivity contribution in [3.05, 3.63) is 65.9 Å². The van der Waals surface area contributed by atoms with Crippen LogP contribution in [0.3, 0.4) is 0 Å². The second-order valence-electron chi connectivity index (χ2n) is 6.06. The number of aromatic nitrogens is 2. The van der Waals surface area contributed by atoms with Gasteiger partial charge in [-0.05, 0) is 41.5 Å². The van der Waals surface area contributed by atoms with Crippen molar-refractivity contribution >= 4 is 23.6 Å². The van der Waals surface area contributed by atoms with Gasteiger partial charge in [0, 0.05) is 23.7 Å². The monoisotopic (exact) mass is 359 g/mol. The van der Waals surface area contributed by atoms with Gasteiger partial charge in [-0.25, -0.2) is 9.97 Å². The molecule has 7 heteroatoms. The molecule has 2 heterocycles. The highest BCUT2D eigenvalue weighted by molar-refractivity contribution is 5.86. The number of amides is 1. The molecule has 4 rings (SSSR count). The Bertz CT molecular complexity index is 1030. The molecule has 0 atom stereocenters.